The molecule has 3 heteroatoms. The number of carbonyl (C=O) groups is 1. The minimum atomic E-state index is -0.103. The highest BCUT2D eigenvalue weighted by Crippen LogP contribution is 2.04. The van der Waals surface area contributed by atoms with Crippen LogP contribution in [0.25, 0.3) is 0 Å². The second-order valence-electron chi connectivity index (χ2n) is 4.52. The Morgan fingerprint density at radius 3 is 2.43 bits per heavy atom. The van der Waals surface area contributed by atoms with Crippen molar-refractivity contribution in [3.05, 3.63) is 71.3 Å². The van der Waals surface area contributed by atoms with E-state index < -0.39 is 0 Å². The Morgan fingerprint density at radius 2 is 1.76 bits per heavy atom. The molecule has 0 bridgehead atoms. The van der Waals surface area contributed by atoms with Gasteiger partial charge in [-0.3, -0.25) is 4.79 Å². The van der Waals surface area contributed by atoms with E-state index in [0.717, 1.165) is 11.1 Å². The lowest BCUT2D eigenvalue weighted by molar-refractivity contribution is 0.0951. The molecule has 0 spiro atoms. The van der Waals surface area contributed by atoms with Crippen molar-refractivity contribution in [3.8, 4) is 11.8 Å². The maximum absolute atomic E-state index is 12.0. The Balaban J connectivity index is 1.92. The predicted molar refractivity (Wildman–Crippen MR) is 82.6 cm³/mol. The fourth-order valence-electron chi connectivity index (χ4n) is 1.81. The average Bonchev–Trinajstić information content (AvgIpc) is 2.54. The molecule has 0 aliphatic carbocycles. The Kier molecular flexibility index (Phi) is 5.57. The summed E-state index contributed by atoms with van der Waals surface area (Å²) >= 11 is 0. The summed E-state index contributed by atoms with van der Waals surface area (Å²) < 4.78 is 0. The van der Waals surface area contributed by atoms with Gasteiger partial charge in [0.15, 0.2) is 0 Å². The fourth-order valence-corrected chi connectivity index (χ4v) is 1.81. The minimum absolute atomic E-state index is 0.0625. The maximum atomic E-state index is 12.0. The van der Waals surface area contributed by atoms with Crippen LogP contribution in [0.15, 0.2) is 54.6 Å². The van der Waals surface area contributed by atoms with Crippen molar-refractivity contribution < 1.29 is 9.90 Å². The van der Waals surface area contributed by atoms with Gasteiger partial charge in [0, 0.05) is 24.1 Å². The zero-order chi connectivity index (χ0) is 14.9. The first-order valence-corrected chi connectivity index (χ1v) is 6.81. The topological polar surface area (TPSA) is 49.3 Å². The number of amides is 1. The van der Waals surface area contributed by atoms with Crippen LogP contribution in [0.2, 0.25) is 0 Å². The molecular weight excluding hydrogens is 262 g/mol. The van der Waals surface area contributed by atoms with Crippen LogP contribution in [-0.2, 0) is 6.54 Å². The lowest BCUT2D eigenvalue weighted by Gasteiger charge is -2.05. The smallest absolute Gasteiger partial charge is 0.251 e. The Bertz CT molecular complexity index is 636. The quantitative estimate of drug-likeness (QED) is 0.844. The van der Waals surface area contributed by atoms with Crippen molar-refractivity contribution in [1.82, 2.24) is 5.32 Å². The number of aliphatic hydroxyl groups is 1. The number of nitrogens with one attached hydrogen (secondary N) is 1. The summed E-state index contributed by atoms with van der Waals surface area (Å²) in [7, 11) is 0. The van der Waals surface area contributed by atoms with Crippen LogP contribution in [0.3, 0.4) is 0 Å². The van der Waals surface area contributed by atoms with Gasteiger partial charge in [-0.25, -0.2) is 0 Å². The largest absolute Gasteiger partial charge is 0.395 e. The van der Waals surface area contributed by atoms with Crippen molar-refractivity contribution in [1.29, 1.82) is 0 Å². The van der Waals surface area contributed by atoms with E-state index in [4.69, 9.17) is 5.11 Å². The molecule has 0 heterocycles. The number of hydrogen-bond acceptors (Lipinski definition) is 2. The van der Waals surface area contributed by atoms with Crippen molar-refractivity contribution in [2.75, 3.05) is 6.61 Å². The molecule has 21 heavy (non-hydrogen) atoms. The van der Waals surface area contributed by atoms with Gasteiger partial charge in [0.1, 0.15) is 0 Å². The van der Waals surface area contributed by atoms with E-state index in [-0.39, 0.29) is 12.5 Å². The molecule has 2 aromatic carbocycles. The lowest BCUT2D eigenvalue weighted by Crippen LogP contribution is -2.22. The Labute approximate surface area is 124 Å². The van der Waals surface area contributed by atoms with E-state index in [9.17, 15) is 4.79 Å². The predicted octanol–water partition coefficient (Wildman–Crippen LogP) is 2.35. The van der Waals surface area contributed by atoms with Crippen LogP contribution in [0, 0.1) is 11.8 Å². The summed E-state index contributed by atoms with van der Waals surface area (Å²) in [5.41, 5.74) is 2.51. The summed E-state index contributed by atoms with van der Waals surface area (Å²) in [4.78, 5) is 12.0. The van der Waals surface area contributed by atoms with E-state index in [2.05, 4.69) is 17.2 Å². The van der Waals surface area contributed by atoms with Gasteiger partial charge in [-0.1, -0.05) is 42.2 Å². The summed E-state index contributed by atoms with van der Waals surface area (Å²) in [5.74, 6) is 5.67. The van der Waals surface area contributed by atoms with Crippen molar-refractivity contribution in [2.24, 2.45) is 0 Å². The second-order valence-corrected chi connectivity index (χ2v) is 4.52. The monoisotopic (exact) mass is 279 g/mol. The molecule has 0 fully saturated rings. The molecule has 2 aromatic rings. The molecule has 0 aliphatic rings. The van der Waals surface area contributed by atoms with E-state index in [1.807, 2.05) is 42.5 Å². The van der Waals surface area contributed by atoms with Gasteiger partial charge < -0.3 is 10.4 Å². The molecule has 106 valence electrons. The molecule has 2 rings (SSSR count). The van der Waals surface area contributed by atoms with Crippen molar-refractivity contribution >= 4 is 5.91 Å². The van der Waals surface area contributed by atoms with Crippen LogP contribution in [0.1, 0.15) is 27.9 Å². The standard InChI is InChI=1S/C18H17NO2/c20-13-5-4-6-15-9-11-17(12-10-15)18(21)19-14-16-7-2-1-3-8-16/h1-3,7-12,20H,5,13-14H2,(H,19,21). The SMILES string of the molecule is O=C(NCc1ccccc1)c1ccc(C#CCCO)cc1. The van der Waals surface area contributed by atoms with Gasteiger partial charge >= 0.3 is 0 Å². The van der Waals surface area contributed by atoms with Gasteiger partial charge in [0.2, 0.25) is 0 Å². The molecule has 0 unspecified atom stereocenters. The third-order valence-corrected chi connectivity index (χ3v) is 2.91. The third kappa shape index (κ3) is 4.79. The molecule has 0 atom stereocenters. The molecule has 1 amide bonds. The molecule has 3 nitrogen and oxygen atoms in total. The first-order valence-electron chi connectivity index (χ1n) is 6.81. The molecule has 0 radical (unpaired) electrons. The average molecular weight is 279 g/mol. The zero-order valence-corrected chi connectivity index (χ0v) is 11.7. The number of benzene rings is 2. The first-order chi connectivity index (χ1) is 10.3. The third-order valence-electron chi connectivity index (χ3n) is 2.91. The van der Waals surface area contributed by atoms with Crippen LogP contribution in [-0.4, -0.2) is 17.6 Å². The van der Waals surface area contributed by atoms with Gasteiger partial charge in [-0.2, -0.15) is 0 Å². The minimum Gasteiger partial charge on any atom is -0.395 e. The highest BCUT2D eigenvalue weighted by Gasteiger charge is 2.04. The first kappa shape index (κ1) is 14.8. The van der Waals surface area contributed by atoms with Crippen molar-refractivity contribution in [2.45, 2.75) is 13.0 Å². The second kappa shape index (κ2) is 7.88. The lowest BCUT2D eigenvalue weighted by atomic mass is 10.1. The normalized spacial score (nSPS) is 9.57. The van der Waals surface area contributed by atoms with Crippen molar-refractivity contribution in [3.63, 3.8) is 0 Å². The van der Waals surface area contributed by atoms with E-state index in [1.54, 1.807) is 12.1 Å². The molecule has 0 saturated carbocycles. The summed E-state index contributed by atoms with van der Waals surface area (Å²) in [5, 5.41) is 11.5. The zero-order valence-electron chi connectivity index (χ0n) is 11.7. The van der Waals surface area contributed by atoms with E-state index >= 15 is 0 Å². The van der Waals surface area contributed by atoms with Crippen LogP contribution < -0.4 is 5.32 Å². The Morgan fingerprint density at radius 1 is 1.05 bits per heavy atom. The van der Waals surface area contributed by atoms with Crippen LogP contribution >= 0.6 is 0 Å². The molecule has 0 aliphatic heterocycles. The van der Waals surface area contributed by atoms with Crippen LogP contribution in [0.4, 0.5) is 0 Å². The highest BCUT2D eigenvalue weighted by molar-refractivity contribution is 5.94. The number of rotatable bonds is 4. The molecular formula is C18H17NO2. The summed E-state index contributed by atoms with van der Waals surface area (Å²) in [6.45, 7) is 0.574. The van der Waals surface area contributed by atoms with Gasteiger partial charge in [-0.05, 0) is 29.8 Å². The maximum Gasteiger partial charge on any atom is 0.251 e. The molecule has 0 saturated heterocycles. The van der Waals surface area contributed by atoms with Gasteiger partial charge in [0.05, 0.1) is 6.61 Å². The van der Waals surface area contributed by atoms with Gasteiger partial charge in [-0.15, -0.1) is 0 Å². The summed E-state index contributed by atoms with van der Waals surface area (Å²) in [6, 6.07) is 16.9. The number of carbonyl (C=O) groups excluding carboxylic acids is 1. The molecule has 0 aromatic heterocycles. The van der Waals surface area contributed by atoms with E-state index in [1.165, 1.54) is 0 Å². The van der Waals surface area contributed by atoms with Gasteiger partial charge in [0.25, 0.3) is 5.91 Å². The number of hydrogen-bond donors (Lipinski definition) is 2. The van der Waals surface area contributed by atoms with Crippen LogP contribution in [0.5, 0.6) is 0 Å². The Hall–Kier alpha value is -2.57. The highest BCUT2D eigenvalue weighted by atomic mass is 16.2. The molecule has 2 N–H and O–H groups in total. The summed E-state index contributed by atoms with van der Waals surface area (Å²) in [6.07, 6.45) is 0.458. The fraction of sp³-hybridized carbons (Fsp3) is 0.167. The van der Waals surface area contributed by atoms with E-state index in [0.29, 0.717) is 18.5 Å². The number of aliphatic hydroxyl groups excluding tert-OH is 1.